The largest absolute Gasteiger partial charge is 0.339 e. The van der Waals surface area contributed by atoms with E-state index in [1.54, 1.807) is 12.4 Å². The zero-order chi connectivity index (χ0) is 10.7. The van der Waals surface area contributed by atoms with Gasteiger partial charge in [-0.05, 0) is 17.7 Å². The molecule has 0 saturated heterocycles. The molecule has 0 fully saturated rings. The van der Waals surface area contributed by atoms with Crippen molar-refractivity contribution in [3.8, 4) is 0 Å². The highest BCUT2D eigenvalue weighted by Crippen LogP contribution is 2.15. The van der Waals surface area contributed by atoms with Gasteiger partial charge in [0.15, 0.2) is 5.82 Å². The van der Waals surface area contributed by atoms with Crippen LogP contribution in [0.25, 0.3) is 0 Å². The van der Waals surface area contributed by atoms with Crippen molar-refractivity contribution in [3.63, 3.8) is 0 Å². The van der Waals surface area contributed by atoms with Crippen LogP contribution >= 0.6 is 0 Å². The highest BCUT2D eigenvalue weighted by molar-refractivity contribution is 5.20. The van der Waals surface area contributed by atoms with Gasteiger partial charge in [0.05, 0.1) is 6.04 Å². The summed E-state index contributed by atoms with van der Waals surface area (Å²) in [5.74, 6) is 1.12. The molecule has 0 spiro atoms. The van der Waals surface area contributed by atoms with Crippen LogP contribution in [0.5, 0.6) is 0 Å². The molecule has 5 nitrogen and oxygen atoms in total. The number of nitrogens with zero attached hydrogens (tertiary/aromatic N) is 3. The SMILES string of the molecule is CCc1nc(C(N)c2ccncc2)no1. The molecule has 15 heavy (non-hydrogen) atoms. The highest BCUT2D eigenvalue weighted by Gasteiger charge is 2.14. The van der Waals surface area contributed by atoms with Crippen LogP contribution in [0.2, 0.25) is 0 Å². The van der Waals surface area contributed by atoms with Crippen LogP contribution < -0.4 is 5.73 Å². The molecule has 2 aromatic heterocycles. The first kappa shape index (κ1) is 9.79. The van der Waals surface area contributed by atoms with Crippen LogP contribution in [-0.2, 0) is 6.42 Å². The molecule has 0 saturated carbocycles. The second-order valence-corrected chi connectivity index (χ2v) is 3.16. The number of pyridine rings is 1. The van der Waals surface area contributed by atoms with Crippen molar-refractivity contribution in [2.45, 2.75) is 19.4 Å². The first-order valence-electron chi connectivity index (χ1n) is 4.79. The summed E-state index contributed by atoms with van der Waals surface area (Å²) >= 11 is 0. The molecule has 78 valence electrons. The van der Waals surface area contributed by atoms with E-state index in [-0.39, 0.29) is 6.04 Å². The van der Waals surface area contributed by atoms with Gasteiger partial charge in [-0.2, -0.15) is 4.98 Å². The smallest absolute Gasteiger partial charge is 0.226 e. The second kappa shape index (κ2) is 4.18. The van der Waals surface area contributed by atoms with Crippen molar-refractivity contribution in [3.05, 3.63) is 41.8 Å². The minimum absolute atomic E-state index is 0.350. The molecule has 1 unspecified atom stereocenters. The molecule has 0 aromatic carbocycles. The lowest BCUT2D eigenvalue weighted by Gasteiger charge is -2.05. The van der Waals surface area contributed by atoms with Crippen LogP contribution in [0.4, 0.5) is 0 Å². The Hall–Kier alpha value is -1.75. The van der Waals surface area contributed by atoms with E-state index in [9.17, 15) is 0 Å². The zero-order valence-electron chi connectivity index (χ0n) is 8.42. The Balaban J connectivity index is 2.24. The number of aromatic nitrogens is 3. The van der Waals surface area contributed by atoms with Crippen molar-refractivity contribution in [1.29, 1.82) is 0 Å². The molecule has 0 bridgehead atoms. The molecule has 0 aliphatic rings. The number of hydrogen-bond donors (Lipinski definition) is 1. The molecule has 2 N–H and O–H groups in total. The third-order valence-corrected chi connectivity index (χ3v) is 2.13. The molecular formula is C10H12N4O. The Morgan fingerprint density at radius 1 is 1.40 bits per heavy atom. The van der Waals surface area contributed by atoms with Gasteiger partial charge in [0, 0.05) is 18.8 Å². The lowest BCUT2D eigenvalue weighted by molar-refractivity contribution is 0.375. The van der Waals surface area contributed by atoms with Gasteiger partial charge in [0.25, 0.3) is 0 Å². The monoisotopic (exact) mass is 204 g/mol. The second-order valence-electron chi connectivity index (χ2n) is 3.16. The van der Waals surface area contributed by atoms with E-state index < -0.39 is 0 Å². The fraction of sp³-hybridized carbons (Fsp3) is 0.300. The minimum atomic E-state index is -0.350. The molecule has 5 heteroatoms. The number of rotatable bonds is 3. The average molecular weight is 204 g/mol. The van der Waals surface area contributed by atoms with E-state index in [0.29, 0.717) is 11.7 Å². The molecule has 0 radical (unpaired) electrons. The topological polar surface area (TPSA) is 77.8 Å². The van der Waals surface area contributed by atoms with E-state index in [1.807, 2.05) is 19.1 Å². The highest BCUT2D eigenvalue weighted by atomic mass is 16.5. The molecule has 0 amide bonds. The molecule has 2 aromatic rings. The summed E-state index contributed by atoms with van der Waals surface area (Å²) in [6, 6.07) is 3.33. The summed E-state index contributed by atoms with van der Waals surface area (Å²) in [6.45, 7) is 1.95. The van der Waals surface area contributed by atoms with E-state index in [4.69, 9.17) is 10.3 Å². The summed E-state index contributed by atoms with van der Waals surface area (Å²) in [7, 11) is 0. The lowest BCUT2D eigenvalue weighted by Crippen LogP contribution is -2.13. The van der Waals surface area contributed by atoms with Crippen molar-refractivity contribution < 1.29 is 4.52 Å². The van der Waals surface area contributed by atoms with E-state index in [0.717, 1.165) is 12.0 Å². The van der Waals surface area contributed by atoms with Gasteiger partial charge in [0.2, 0.25) is 5.89 Å². The summed E-state index contributed by atoms with van der Waals surface area (Å²) < 4.78 is 5.00. The quantitative estimate of drug-likeness (QED) is 0.809. The van der Waals surface area contributed by atoms with E-state index in [1.165, 1.54) is 0 Å². The minimum Gasteiger partial charge on any atom is -0.339 e. The van der Waals surface area contributed by atoms with Gasteiger partial charge in [-0.3, -0.25) is 4.98 Å². The first-order chi connectivity index (χ1) is 7.31. The normalized spacial score (nSPS) is 12.7. The van der Waals surface area contributed by atoms with Crippen LogP contribution in [0, 0.1) is 0 Å². The maximum absolute atomic E-state index is 5.97. The van der Waals surface area contributed by atoms with E-state index >= 15 is 0 Å². The van der Waals surface area contributed by atoms with Crippen molar-refractivity contribution >= 4 is 0 Å². The zero-order valence-corrected chi connectivity index (χ0v) is 8.42. The van der Waals surface area contributed by atoms with Crippen LogP contribution in [-0.4, -0.2) is 15.1 Å². The number of aryl methyl sites for hydroxylation is 1. The lowest BCUT2D eigenvalue weighted by atomic mass is 10.1. The number of nitrogens with two attached hydrogens (primary N) is 1. The predicted octanol–water partition coefficient (Wildman–Crippen LogP) is 1.08. The average Bonchev–Trinajstić information content (AvgIpc) is 2.78. The fourth-order valence-electron chi connectivity index (χ4n) is 1.26. The fourth-order valence-corrected chi connectivity index (χ4v) is 1.26. The van der Waals surface area contributed by atoms with Crippen LogP contribution in [0.1, 0.15) is 30.2 Å². The molecule has 1 atom stereocenters. The molecule has 2 heterocycles. The maximum atomic E-state index is 5.97. The van der Waals surface area contributed by atoms with E-state index in [2.05, 4.69) is 15.1 Å². The maximum Gasteiger partial charge on any atom is 0.226 e. The van der Waals surface area contributed by atoms with Crippen LogP contribution in [0.3, 0.4) is 0 Å². The third-order valence-electron chi connectivity index (χ3n) is 2.13. The van der Waals surface area contributed by atoms with Gasteiger partial charge in [0.1, 0.15) is 0 Å². The Morgan fingerprint density at radius 3 is 2.73 bits per heavy atom. The summed E-state index contributed by atoms with van der Waals surface area (Å²) in [6.07, 6.45) is 4.10. The first-order valence-corrected chi connectivity index (χ1v) is 4.79. The van der Waals surface area contributed by atoms with Crippen molar-refractivity contribution in [2.75, 3.05) is 0 Å². The van der Waals surface area contributed by atoms with Gasteiger partial charge in [-0.25, -0.2) is 0 Å². The van der Waals surface area contributed by atoms with Gasteiger partial charge >= 0.3 is 0 Å². The van der Waals surface area contributed by atoms with Crippen molar-refractivity contribution in [1.82, 2.24) is 15.1 Å². The Kier molecular flexibility index (Phi) is 2.73. The Bertz CT molecular complexity index is 426. The predicted molar refractivity (Wildman–Crippen MR) is 53.9 cm³/mol. The van der Waals surface area contributed by atoms with Gasteiger partial charge in [-0.1, -0.05) is 12.1 Å². The van der Waals surface area contributed by atoms with Gasteiger partial charge in [-0.15, -0.1) is 0 Å². The molecule has 2 rings (SSSR count). The summed E-state index contributed by atoms with van der Waals surface area (Å²) in [5, 5.41) is 3.83. The summed E-state index contributed by atoms with van der Waals surface area (Å²) in [5.41, 5.74) is 6.90. The molecule has 0 aliphatic carbocycles. The van der Waals surface area contributed by atoms with Crippen molar-refractivity contribution in [2.24, 2.45) is 5.73 Å². The molecular weight excluding hydrogens is 192 g/mol. The summed E-state index contributed by atoms with van der Waals surface area (Å²) in [4.78, 5) is 8.10. The third kappa shape index (κ3) is 2.02. The Morgan fingerprint density at radius 2 is 2.13 bits per heavy atom. The van der Waals surface area contributed by atoms with Crippen LogP contribution in [0.15, 0.2) is 29.0 Å². The van der Waals surface area contributed by atoms with Gasteiger partial charge < -0.3 is 10.3 Å². The number of hydrogen-bond acceptors (Lipinski definition) is 5. The standard InChI is InChI=1S/C10H12N4O/c1-2-8-13-10(14-15-8)9(11)7-3-5-12-6-4-7/h3-6,9H,2,11H2,1H3. The molecule has 0 aliphatic heterocycles. The Labute approximate surface area is 87.3 Å².